The van der Waals surface area contributed by atoms with E-state index in [9.17, 15) is 40.5 Å². The summed E-state index contributed by atoms with van der Waals surface area (Å²) >= 11 is 0. The minimum atomic E-state index is -2.76. The number of rotatable bonds is 11. The standard InChI is InChI=1S/C27H45NO9/c1-8-24(6,33)19(29)13-18-26(28)17(10-9-11-37-15(4)12-14(2)3)25(7,34)23(32)22(31)20(26)21(30)16(5)27(18,35)36/h14,16-18,30-36H,4,8-13,28H2,1-3,5-7H3/t16?,17-,18+,24+,25-,26+/m0/s1. The molecule has 10 heteroatoms. The summed E-state index contributed by atoms with van der Waals surface area (Å²) in [4.78, 5) is 13.1. The summed E-state index contributed by atoms with van der Waals surface area (Å²) in [6.07, 6.45) is 0.399. The van der Waals surface area contributed by atoms with Crippen LogP contribution in [0.2, 0.25) is 0 Å². The van der Waals surface area contributed by atoms with Gasteiger partial charge in [0.1, 0.15) is 17.0 Å². The second-order valence-corrected chi connectivity index (χ2v) is 11.5. The number of Topliss-reactive ketones (excluding diaryl/α,β-unsaturated/α-hetero) is 1. The number of fused-ring (bicyclic) bond motifs is 1. The van der Waals surface area contributed by atoms with Gasteiger partial charge < -0.3 is 46.2 Å². The second kappa shape index (κ2) is 10.6. The summed E-state index contributed by atoms with van der Waals surface area (Å²) in [5.74, 6) is -9.15. The quantitative estimate of drug-likeness (QED) is 0.112. The van der Waals surface area contributed by atoms with Crippen LogP contribution in [0.25, 0.3) is 0 Å². The molecule has 0 heterocycles. The van der Waals surface area contributed by atoms with E-state index < -0.39 is 69.8 Å². The zero-order valence-electron chi connectivity index (χ0n) is 22.8. The molecule has 212 valence electrons. The Hall–Kier alpha value is -2.11. The Bertz CT molecular complexity index is 963. The molecule has 0 aromatic rings. The fourth-order valence-electron chi connectivity index (χ4n) is 5.66. The van der Waals surface area contributed by atoms with Crippen molar-refractivity contribution in [1.82, 2.24) is 0 Å². The number of ether oxygens (including phenoxy) is 1. The molecule has 6 atom stereocenters. The lowest BCUT2D eigenvalue weighted by Gasteiger charge is -2.58. The average Bonchev–Trinajstić information content (AvgIpc) is 2.78. The molecule has 2 rings (SSSR count). The summed E-state index contributed by atoms with van der Waals surface area (Å²) < 4.78 is 5.67. The molecule has 0 amide bonds. The first-order valence-electron chi connectivity index (χ1n) is 12.9. The molecular formula is C27H45NO9. The fourth-order valence-corrected chi connectivity index (χ4v) is 5.66. The van der Waals surface area contributed by atoms with Gasteiger partial charge in [-0.1, -0.05) is 34.3 Å². The lowest BCUT2D eigenvalue weighted by atomic mass is 9.51. The van der Waals surface area contributed by atoms with E-state index >= 15 is 0 Å². The number of carbonyl (C=O) groups is 1. The first kappa shape index (κ1) is 31.1. The maximum atomic E-state index is 13.1. The molecule has 10 nitrogen and oxygen atoms in total. The van der Waals surface area contributed by atoms with Crippen molar-refractivity contribution in [2.45, 2.75) is 96.2 Å². The molecule has 2 aliphatic carbocycles. The monoisotopic (exact) mass is 527 g/mol. The Labute approximate surface area is 218 Å². The Balaban J connectivity index is 2.61. The van der Waals surface area contributed by atoms with Crippen LogP contribution in [0, 0.1) is 23.7 Å². The lowest BCUT2D eigenvalue weighted by Crippen LogP contribution is -2.73. The third kappa shape index (κ3) is 5.40. The van der Waals surface area contributed by atoms with Crippen LogP contribution in [-0.4, -0.2) is 70.7 Å². The van der Waals surface area contributed by atoms with Gasteiger partial charge in [0.25, 0.3) is 0 Å². The first-order valence-corrected chi connectivity index (χ1v) is 12.9. The van der Waals surface area contributed by atoms with Gasteiger partial charge in [-0.25, -0.2) is 0 Å². The van der Waals surface area contributed by atoms with E-state index in [0.29, 0.717) is 18.1 Å². The van der Waals surface area contributed by atoms with Crippen LogP contribution in [-0.2, 0) is 9.53 Å². The van der Waals surface area contributed by atoms with Crippen LogP contribution in [0.15, 0.2) is 35.2 Å². The second-order valence-electron chi connectivity index (χ2n) is 11.5. The van der Waals surface area contributed by atoms with E-state index in [1.165, 1.54) is 20.8 Å². The van der Waals surface area contributed by atoms with Crippen molar-refractivity contribution in [3.05, 3.63) is 35.2 Å². The van der Waals surface area contributed by atoms with Gasteiger partial charge >= 0.3 is 0 Å². The van der Waals surface area contributed by atoms with Crippen LogP contribution < -0.4 is 5.73 Å². The number of hydrogen-bond donors (Lipinski definition) is 8. The van der Waals surface area contributed by atoms with Crippen molar-refractivity contribution in [2.24, 2.45) is 29.4 Å². The van der Waals surface area contributed by atoms with Gasteiger partial charge in [-0.15, -0.1) is 0 Å². The molecule has 0 aromatic heterocycles. The predicted molar refractivity (Wildman–Crippen MR) is 137 cm³/mol. The molecule has 0 fully saturated rings. The fraction of sp³-hybridized carbons (Fsp3) is 0.741. The van der Waals surface area contributed by atoms with E-state index in [-0.39, 0.29) is 31.4 Å². The minimum Gasteiger partial charge on any atom is -0.511 e. The normalized spacial score (nSPS) is 33.2. The number of allylic oxidation sites excluding steroid dienone is 1. The topological polar surface area (TPSA) is 194 Å². The van der Waals surface area contributed by atoms with Crippen LogP contribution >= 0.6 is 0 Å². The van der Waals surface area contributed by atoms with E-state index in [4.69, 9.17) is 10.5 Å². The molecule has 0 aliphatic heterocycles. The molecule has 1 unspecified atom stereocenters. The average molecular weight is 528 g/mol. The highest BCUT2D eigenvalue weighted by atomic mass is 16.5. The zero-order chi connectivity index (χ0) is 28.7. The Kier molecular flexibility index (Phi) is 8.89. The van der Waals surface area contributed by atoms with E-state index in [0.717, 1.165) is 0 Å². The van der Waals surface area contributed by atoms with Gasteiger partial charge in [0.2, 0.25) is 0 Å². The molecule has 9 N–H and O–H groups in total. The van der Waals surface area contributed by atoms with E-state index in [1.807, 2.05) is 13.8 Å². The Morgan fingerprint density at radius 3 is 2.27 bits per heavy atom. The molecule has 0 aromatic carbocycles. The maximum absolute atomic E-state index is 13.1. The van der Waals surface area contributed by atoms with Gasteiger partial charge in [0.15, 0.2) is 23.1 Å². The molecule has 0 saturated heterocycles. The maximum Gasteiger partial charge on any atom is 0.177 e. The summed E-state index contributed by atoms with van der Waals surface area (Å²) in [6.45, 7) is 13.5. The van der Waals surface area contributed by atoms with Crippen molar-refractivity contribution in [2.75, 3.05) is 6.61 Å². The van der Waals surface area contributed by atoms with Crippen molar-refractivity contribution < 1.29 is 45.3 Å². The summed E-state index contributed by atoms with van der Waals surface area (Å²) in [5.41, 5.74) is 0.438. The number of ketones is 1. The molecule has 0 saturated carbocycles. The number of aliphatic hydroxyl groups is 7. The lowest BCUT2D eigenvalue weighted by molar-refractivity contribution is -0.260. The van der Waals surface area contributed by atoms with Crippen LogP contribution in [0.3, 0.4) is 0 Å². The summed E-state index contributed by atoms with van der Waals surface area (Å²) in [6, 6.07) is 0. The van der Waals surface area contributed by atoms with Gasteiger partial charge in [-0.05, 0) is 39.0 Å². The van der Waals surface area contributed by atoms with E-state index in [1.54, 1.807) is 6.92 Å². The third-order valence-corrected chi connectivity index (χ3v) is 8.28. The van der Waals surface area contributed by atoms with Crippen molar-refractivity contribution in [3.8, 4) is 0 Å². The van der Waals surface area contributed by atoms with Gasteiger partial charge in [0.05, 0.1) is 29.4 Å². The Morgan fingerprint density at radius 2 is 1.76 bits per heavy atom. The van der Waals surface area contributed by atoms with E-state index in [2.05, 4.69) is 6.58 Å². The largest absolute Gasteiger partial charge is 0.511 e. The highest BCUT2D eigenvalue weighted by Gasteiger charge is 2.68. The molecule has 0 radical (unpaired) electrons. The Morgan fingerprint density at radius 1 is 1.19 bits per heavy atom. The molecule has 2 aliphatic rings. The predicted octanol–water partition coefficient (Wildman–Crippen LogP) is 2.63. The highest BCUT2D eigenvalue weighted by molar-refractivity contribution is 5.87. The van der Waals surface area contributed by atoms with Crippen molar-refractivity contribution in [1.29, 1.82) is 0 Å². The number of nitrogens with two attached hydrogens (primary N) is 1. The number of aliphatic hydroxyl groups excluding tert-OH is 3. The van der Waals surface area contributed by atoms with Gasteiger partial charge in [-0.2, -0.15) is 0 Å². The molecule has 0 spiro atoms. The summed E-state index contributed by atoms with van der Waals surface area (Å²) in [5, 5.41) is 76.9. The first-order chi connectivity index (χ1) is 16.8. The highest BCUT2D eigenvalue weighted by Crippen LogP contribution is 2.58. The third-order valence-electron chi connectivity index (χ3n) is 8.28. The number of hydrogen-bond acceptors (Lipinski definition) is 10. The molecular weight excluding hydrogens is 482 g/mol. The van der Waals surface area contributed by atoms with Gasteiger partial charge in [-0.3, -0.25) is 4.79 Å². The van der Waals surface area contributed by atoms with Crippen molar-refractivity contribution in [3.63, 3.8) is 0 Å². The van der Waals surface area contributed by atoms with Crippen molar-refractivity contribution >= 4 is 5.78 Å². The zero-order valence-corrected chi connectivity index (χ0v) is 22.8. The SMILES string of the molecule is C=C(CC(C)C)OCCC[C@@H]1[C@]2(N)C(=C(O)C(C)C(O)(O)[C@@H]2CC(=O)[C@](C)(O)CC)C(O)=C(O)[C@@]1(C)O. The van der Waals surface area contributed by atoms with Crippen LogP contribution in [0.4, 0.5) is 0 Å². The number of carbonyl (C=O) groups excluding carboxylic acids is 1. The molecule has 37 heavy (non-hydrogen) atoms. The van der Waals surface area contributed by atoms with Crippen LogP contribution in [0.5, 0.6) is 0 Å². The smallest absolute Gasteiger partial charge is 0.177 e. The molecule has 0 bridgehead atoms. The summed E-state index contributed by atoms with van der Waals surface area (Å²) in [7, 11) is 0. The van der Waals surface area contributed by atoms with Crippen LogP contribution in [0.1, 0.15) is 73.6 Å². The minimum absolute atomic E-state index is 0.0475. The van der Waals surface area contributed by atoms with Gasteiger partial charge in [0, 0.05) is 24.7 Å².